The molecule has 2 aromatic carbocycles. The summed E-state index contributed by atoms with van der Waals surface area (Å²) in [5, 5.41) is 10.6. The number of methoxy groups -OCH3 is 1. The van der Waals surface area contributed by atoms with Gasteiger partial charge in [-0.3, -0.25) is 4.79 Å². The first-order valence-corrected chi connectivity index (χ1v) is 14.6. The molecule has 1 N–H and O–H groups in total. The van der Waals surface area contributed by atoms with E-state index in [2.05, 4.69) is 0 Å². The number of rotatable bonds is 6. The molecule has 1 amide bonds. The Bertz CT molecular complexity index is 1360. The van der Waals surface area contributed by atoms with E-state index in [0.29, 0.717) is 37.1 Å². The van der Waals surface area contributed by atoms with E-state index in [1.54, 1.807) is 0 Å². The largest absolute Gasteiger partial charge is 0.467 e. The van der Waals surface area contributed by atoms with Crippen molar-refractivity contribution in [2.45, 2.75) is 67.6 Å². The maximum absolute atomic E-state index is 14.3. The highest BCUT2D eigenvalue weighted by atomic mass is 35.5. The van der Waals surface area contributed by atoms with Gasteiger partial charge in [-0.05, 0) is 74.1 Å². The van der Waals surface area contributed by atoms with Crippen LogP contribution < -0.4 is 0 Å². The number of aliphatic hydroxyl groups is 1. The number of nitrogens with zero attached hydrogens (tertiary/aromatic N) is 2. The highest BCUT2D eigenvalue weighted by Crippen LogP contribution is 2.58. The summed E-state index contributed by atoms with van der Waals surface area (Å²) in [5.41, 5.74) is -0.998. The number of carbonyl (C=O) groups excluding carboxylic acids is 2. The third kappa shape index (κ3) is 5.05. The number of hydrogen-bond donors (Lipinski definition) is 1. The Labute approximate surface area is 230 Å². The molecule has 39 heavy (non-hydrogen) atoms. The Hall–Kier alpha value is -2.60. The molecule has 2 heterocycles. The Morgan fingerprint density at radius 2 is 1.72 bits per heavy atom. The van der Waals surface area contributed by atoms with E-state index in [1.807, 2.05) is 0 Å². The molecule has 1 aliphatic carbocycles. The van der Waals surface area contributed by atoms with Gasteiger partial charge in [-0.1, -0.05) is 11.6 Å². The van der Waals surface area contributed by atoms with Gasteiger partial charge in [0.2, 0.25) is 15.9 Å². The molecule has 0 unspecified atom stereocenters. The summed E-state index contributed by atoms with van der Waals surface area (Å²) in [6.07, 6.45) is 0.990. The number of benzene rings is 2. The minimum absolute atomic E-state index is 0.0249. The SMILES string of the molecule is COC(=O)[C@@H]1C[C@H](O)CN1C(=O)C1([C@H]2CCC[C@@H](c3cc(F)cc(F)c3)N2S(=O)(=O)c2ccc(Cl)cc2)CC1. The van der Waals surface area contributed by atoms with Gasteiger partial charge in [-0.25, -0.2) is 22.0 Å². The molecule has 3 aliphatic rings. The van der Waals surface area contributed by atoms with E-state index in [0.717, 1.165) is 18.2 Å². The van der Waals surface area contributed by atoms with Crippen molar-refractivity contribution in [1.82, 2.24) is 9.21 Å². The average molecular weight is 583 g/mol. The van der Waals surface area contributed by atoms with Gasteiger partial charge in [-0.2, -0.15) is 4.31 Å². The third-order valence-corrected chi connectivity index (χ3v) is 10.3. The highest BCUT2D eigenvalue weighted by molar-refractivity contribution is 7.89. The summed E-state index contributed by atoms with van der Waals surface area (Å²) >= 11 is 6.00. The van der Waals surface area contributed by atoms with E-state index in [9.17, 15) is 31.9 Å². The zero-order valence-corrected chi connectivity index (χ0v) is 22.8. The van der Waals surface area contributed by atoms with Crippen LogP contribution in [0.4, 0.5) is 8.78 Å². The molecule has 3 fully saturated rings. The lowest BCUT2D eigenvalue weighted by Gasteiger charge is -2.45. The van der Waals surface area contributed by atoms with E-state index >= 15 is 0 Å². The Balaban J connectivity index is 1.60. The first kappa shape index (κ1) is 27.9. The normalized spacial score (nSPS) is 26.8. The number of halogens is 3. The number of ether oxygens (including phenoxy) is 1. The van der Waals surface area contributed by atoms with Gasteiger partial charge >= 0.3 is 5.97 Å². The minimum atomic E-state index is -4.28. The van der Waals surface area contributed by atoms with Crippen LogP contribution in [-0.2, 0) is 24.3 Å². The topological polar surface area (TPSA) is 104 Å². The lowest BCUT2D eigenvalue weighted by atomic mass is 9.84. The Kier molecular flexibility index (Phi) is 7.47. The Morgan fingerprint density at radius 3 is 2.31 bits per heavy atom. The van der Waals surface area contributed by atoms with Crippen molar-refractivity contribution in [2.75, 3.05) is 13.7 Å². The molecular weight excluding hydrogens is 554 g/mol. The molecule has 12 heteroatoms. The molecule has 2 saturated heterocycles. The molecule has 5 rings (SSSR count). The first-order valence-electron chi connectivity index (χ1n) is 12.8. The number of amides is 1. The lowest BCUT2D eigenvalue weighted by Crippen LogP contribution is -2.55. The number of sulfonamides is 1. The van der Waals surface area contributed by atoms with Crippen LogP contribution >= 0.6 is 11.6 Å². The standard InChI is InChI=1S/C27H29ClF2N2O6S/c1-38-25(34)23-14-20(33)15-31(23)26(35)27(9-10-27)24-4-2-3-22(16-11-18(29)13-19(30)12-16)32(24)39(36,37)21-7-5-17(28)6-8-21/h5-8,11-13,20,22-24,33H,2-4,9-10,14-15H2,1H3/t20-,22-,23-,24+/m0/s1. The van der Waals surface area contributed by atoms with Crippen molar-refractivity contribution in [3.05, 3.63) is 64.7 Å². The molecule has 0 radical (unpaired) electrons. The molecule has 1 saturated carbocycles. The molecular formula is C27H29ClF2N2O6S. The molecule has 2 aromatic rings. The fraction of sp³-hybridized carbons (Fsp3) is 0.481. The molecule has 0 aromatic heterocycles. The lowest BCUT2D eigenvalue weighted by molar-refractivity contribution is -0.154. The zero-order valence-electron chi connectivity index (χ0n) is 21.2. The van der Waals surface area contributed by atoms with Crippen LogP contribution in [0, 0.1) is 17.0 Å². The van der Waals surface area contributed by atoms with Crippen molar-refractivity contribution in [2.24, 2.45) is 5.41 Å². The predicted octanol–water partition coefficient (Wildman–Crippen LogP) is 3.82. The number of esters is 1. The molecule has 4 atom stereocenters. The monoisotopic (exact) mass is 582 g/mol. The van der Waals surface area contributed by atoms with E-state index in [1.165, 1.54) is 40.6 Å². The van der Waals surface area contributed by atoms with Gasteiger partial charge in [0.1, 0.15) is 17.7 Å². The van der Waals surface area contributed by atoms with Crippen LogP contribution in [0.15, 0.2) is 47.4 Å². The molecule has 0 bridgehead atoms. The maximum Gasteiger partial charge on any atom is 0.328 e. The van der Waals surface area contributed by atoms with Gasteiger partial charge in [0, 0.05) is 30.1 Å². The quantitative estimate of drug-likeness (QED) is 0.520. The minimum Gasteiger partial charge on any atom is -0.467 e. The van der Waals surface area contributed by atoms with E-state index < -0.39 is 63.2 Å². The van der Waals surface area contributed by atoms with Crippen molar-refractivity contribution >= 4 is 33.5 Å². The summed E-state index contributed by atoms with van der Waals surface area (Å²) in [5.74, 6) is -2.75. The van der Waals surface area contributed by atoms with E-state index in [-0.39, 0.29) is 23.4 Å². The predicted molar refractivity (Wildman–Crippen MR) is 137 cm³/mol. The van der Waals surface area contributed by atoms with Crippen molar-refractivity contribution in [3.63, 3.8) is 0 Å². The molecule has 210 valence electrons. The first-order chi connectivity index (χ1) is 18.5. The fourth-order valence-electron chi connectivity index (χ4n) is 6.15. The van der Waals surface area contributed by atoms with Crippen LogP contribution in [-0.4, -0.2) is 66.4 Å². The molecule has 2 aliphatic heterocycles. The Morgan fingerprint density at radius 1 is 1.08 bits per heavy atom. The zero-order chi connectivity index (χ0) is 28.1. The molecule has 0 spiro atoms. The van der Waals surface area contributed by atoms with Gasteiger partial charge < -0.3 is 14.7 Å². The summed E-state index contributed by atoms with van der Waals surface area (Å²) in [6, 6.07) is 5.80. The number of likely N-dealkylation sites (tertiary alicyclic amines) is 1. The summed E-state index contributed by atoms with van der Waals surface area (Å²) in [4.78, 5) is 27.7. The fourth-order valence-corrected chi connectivity index (χ4v) is 8.20. The molecule has 8 nitrogen and oxygen atoms in total. The van der Waals surface area contributed by atoms with Crippen LogP contribution in [0.3, 0.4) is 0 Å². The summed E-state index contributed by atoms with van der Waals surface area (Å²) in [6.45, 7) is -0.0739. The van der Waals surface area contributed by atoms with Crippen molar-refractivity contribution in [3.8, 4) is 0 Å². The van der Waals surface area contributed by atoms with Crippen LogP contribution in [0.25, 0.3) is 0 Å². The smallest absolute Gasteiger partial charge is 0.328 e. The highest BCUT2D eigenvalue weighted by Gasteiger charge is 2.63. The van der Waals surface area contributed by atoms with Crippen LogP contribution in [0.5, 0.6) is 0 Å². The van der Waals surface area contributed by atoms with Gasteiger partial charge in [0.25, 0.3) is 0 Å². The summed E-state index contributed by atoms with van der Waals surface area (Å²) < 4.78 is 63.1. The number of hydrogen-bond acceptors (Lipinski definition) is 6. The van der Waals surface area contributed by atoms with Gasteiger partial charge in [0.05, 0.1) is 29.6 Å². The number of aliphatic hydroxyl groups excluding tert-OH is 1. The second-order valence-electron chi connectivity index (χ2n) is 10.5. The second-order valence-corrected chi connectivity index (χ2v) is 12.8. The van der Waals surface area contributed by atoms with Gasteiger partial charge in [0.15, 0.2) is 0 Å². The summed E-state index contributed by atoms with van der Waals surface area (Å²) in [7, 11) is -3.08. The van der Waals surface area contributed by atoms with Crippen molar-refractivity contribution < 1.29 is 36.6 Å². The average Bonchev–Trinajstić information content (AvgIpc) is 3.62. The number of carbonyl (C=O) groups is 2. The maximum atomic E-state index is 14.3. The van der Waals surface area contributed by atoms with E-state index in [4.69, 9.17) is 16.3 Å². The second kappa shape index (κ2) is 10.4. The third-order valence-electron chi connectivity index (χ3n) is 8.09. The van der Waals surface area contributed by atoms with Crippen LogP contribution in [0.2, 0.25) is 5.02 Å². The van der Waals surface area contributed by atoms with Gasteiger partial charge in [-0.15, -0.1) is 0 Å². The van der Waals surface area contributed by atoms with Crippen molar-refractivity contribution in [1.29, 1.82) is 0 Å². The number of piperidine rings is 1. The van der Waals surface area contributed by atoms with Crippen LogP contribution in [0.1, 0.15) is 50.1 Å². The number of β-amino-alcohol motifs (C(OH)–C–C–N with tert-alkyl or cyclic N) is 1.